The van der Waals surface area contributed by atoms with E-state index in [1.165, 1.54) is 6.07 Å². The van der Waals surface area contributed by atoms with Gasteiger partial charge in [0.25, 0.3) is 0 Å². The fourth-order valence-corrected chi connectivity index (χ4v) is 3.04. The maximum atomic E-state index is 13.7. The van der Waals surface area contributed by atoms with Crippen LogP contribution >= 0.6 is 0 Å². The predicted molar refractivity (Wildman–Crippen MR) is 89.0 cm³/mol. The minimum absolute atomic E-state index is 0.0563. The van der Waals surface area contributed by atoms with Crippen molar-refractivity contribution in [2.75, 3.05) is 6.54 Å². The number of hydrogen-bond acceptors (Lipinski definition) is 2. The van der Waals surface area contributed by atoms with Gasteiger partial charge in [-0.15, -0.1) is 0 Å². The van der Waals surface area contributed by atoms with E-state index in [2.05, 4.69) is 10.6 Å². The molecule has 1 aromatic rings. The van der Waals surface area contributed by atoms with E-state index in [0.717, 1.165) is 19.3 Å². The molecule has 2 N–H and O–H groups in total. The van der Waals surface area contributed by atoms with E-state index in [4.69, 9.17) is 0 Å². The first kappa shape index (κ1) is 16.7. The molecule has 0 bridgehead atoms. The van der Waals surface area contributed by atoms with E-state index in [-0.39, 0.29) is 29.8 Å². The first-order valence-electron chi connectivity index (χ1n) is 8.59. The number of nitrogens with one attached hydrogen (secondary N) is 2. The lowest BCUT2D eigenvalue weighted by Crippen LogP contribution is -2.50. The van der Waals surface area contributed by atoms with Crippen molar-refractivity contribution < 1.29 is 14.0 Å². The summed E-state index contributed by atoms with van der Waals surface area (Å²) in [4.78, 5) is 26.4. The predicted octanol–water partition coefficient (Wildman–Crippen LogP) is 2.65. The van der Waals surface area contributed by atoms with Crippen LogP contribution in [-0.2, 0) is 4.79 Å². The summed E-state index contributed by atoms with van der Waals surface area (Å²) in [5, 5.41) is 5.85. The van der Waals surface area contributed by atoms with Crippen LogP contribution in [0.15, 0.2) is 18.2 Å². The van der Waals surface area contributed by atoms with Gasteiger partial charge in [0, 0.05) is 12.6 Å². The lowest BCUT2D eigenvalue weighted by molar-refractivity contribution is -0.124. The molecule has 1 aliphatic heterocycles. The fraction of sp³-hybridized carbons (Fsp3) is 0.556. The minimum Gasteiger partial charge on any atom is -0.352 e. The van der Waals surface area contributed by atoms with Gasteiger partial charge >= 0.3 is 6.03 Å². The van der Waals surface area contributed by atoms with Gasteiger partial charge in [0.1, 0.15) is 11.9 Å². The topological polar surface area (TPSA) is 61.4 Å². The molecule has 0 radical (unpaired) electrons. The zero-order valence-corrected chi connectivity index (χ0v) is 14.1. The largest absolute Gasteiger partial charge is 0.352 e. The highest BCUT2D eigenvalue weighted by atomic mass is 19.1. The van der Waals surface area contributed by atoms with Gasteiger partial charge in [-0.2, -0.15) is 0 Å². The second-order valence-corrected chi connectivity index (χ2v) is 6.81. The van der Waals surface area contributed by atoms with Crippen LogP contribution in [-0.4, -0.2) is 35.5 Å². The zero-order chi connectivity index (χ0) is 17.3. The van der Waals surface area contributed by atoms with E-state index in [9.17, 15) is 14.0 Å². The van der Waals surface area contributed by atoms with Crippen molar-refractivity contribution in [2.24, 2.45) is 0 Å². The minimum atomic E-state index is -0.396. The number of hydrogen-bond donors (Lipinski definition) is 2. The number of amides is 3. The second-order valence-electron chi connectivity index (χ2n) is 6.81. The number of aryl methyl sites for hydroxylation is 1. The smallest absolute Gasteiger partial charge is 0.318 e. The molecule has 1 aliphatic carbocycles. The van der Waals surface area contributed by atoms with E-state index in [1.807, 2.05) is 13.0 Å². The lowest BCUT2D eigenvalue weighted by Gasteiger charge is -2.26. The van der Waals surface area contributed by atoms with Gasteiger partial charge in [-0.25, -0.2) is 9.18 Å². The number of carbonyl (C=O) groups excluding carboxylic acids is 2. The molecule has 3 amide bonds. The highest BCUT2D eigenvalue weighted by Crippen LogP contribution is 2.23. The van der Waals surface area contributed by atoms with Gasteiger partial charge in [-0.05, 0) is 56.7 Å². The standard InChI is InChI=1S/C18H24FN3O2/c1-11-5-6-13(10-15(11)19)12(2)20-18(24)22-9-3-4-16(22)17(23)21-14-7-8-14/h5-6,10,12,14,16H,3-4,7-9H2,1-2H3,(H,20,24)(H,21,23). The maximum absolute atomic E-state index is 13.7. The van der Waals surface area contributed by atoms with Crippen LogP contribution in [0.5, 0.6) is 0 Å². The highest BCUT2D eigenvalue weighted by molar-refractivity contribution is 5.88. The van der Waals surface area contributed by atoms with Gasteiger partial charge in [-0.3, -0.25) is 4.79 Å². The molecular formula is C18H24FN3O2. The number of nitrogens with zero attached hydrogens (tertiary/aromatic N) is 1. The number of carbonyl (C=O) groups is 2. The average molecular weight is 333 g/mol. The number of likely N-dealkylation sites (tertiary alicyclic amines) is 1. The first-order chi connectivity index (χ1) is 11.5. The summed E-state index contributed by atoms with van der Waals surface area (Å²) in [5.74, 6) is -0.337. The molecule has 0 aromatic heterocycles. The summed E-state index contributed by atoms with van der Waals surface area (Å²) in [6.07, 6.45) is 3.57. The van der Waals surface area contributed by atoms with E-state index in [0.29, 0.717) is 24.1 Å². The Morgan fingerprint density at radius 1 is 1.29 bits per heavy atom. The summed E-state index contributed by atoms with van der Waals surface area (Å²) in [6.45, 7) is 4.09. The molecule has 24 heavy (non-hydrogen) atoms. The van der Waals surface area contributed by atoms with Crippen LogP contribution in [0, 0.1) is 12.7 Å². The number of urea groups is 1. The Hall–Kier alpha value is -2.11. The van der Waals surface area contributed by atoms with E-state index in [1.54, 1.807) is 17.9 Å². The summed E-state index contributed by atoms with van der Waals surface area (Å²) < 4.78 is 13.7. The molecule has 3 rings (SSSR count). The van der Waals surface area contributed by atoms with Crippen molar-refractivity contribution in [1.82, 2.24) is 15.5 Å². The molecule has 5 nitrogen and oxygen atoms in total. The van der Waals surface area contributed by atoms with Gasteiger partial charge in [0.2, 0.25) is 5.91 Å². The first-order valence-corrected chi connectivity index (χ1v) is 8.59. The summed E-state index contributed by atoms with van der Waals surface area (Å²) in [6, 6.07) is 4.27. The van der Waals surface area contributed by atoms with E-state index < -0.39 is 6.04 Å². The van der Waals surface area contributed by atoms with Gasteiger partial charge in [-0.1, -0.05) is 12.1 Å². The molecule has 1 saturated carbocycles. The summed E-state index contributed by atoms with van der Waals surface area (Å²) in [5.41, 5.74) is 1.29. The third kappa shape index (κ3) is 3.68. The third-order valence-electron chi connectivity index (χ3n) is 4.78. The Balaban J connectivity index is 1.62. The Bertz CT molecular complexity index is 645. The average Bonchev–Trinajstić information content (AvgIpc) is 3.21. The van der Waals surface area contributed by atoms with Crippen molar-refractivity contribution in [3.63, 3.8) is 0 Å². The molecule has 1 heterocycles. The van der Waals surface area contributed by atoms with Crippen LogP contribution in [0.3, 0.4) is 0 Å². The van der Waals surface area contributed by atoms with Crippen LogP contribution in [0.2, 0.25) is 0 Å². The number of rotatable bonds is 4. The van der Waals surface area contributed by atoms with Gasteiger partial charge in [0.05, 0.1) is 6.04 Å². The Morgan fingerprint density at radius 3 is 2.71 bits per heavy atom. The Labute approximate surface area is 141 Å². The van der Waals surface area contributed by atoms with Crippen molar-refractivity contribution >= 4 is 11.9 Å². The van der Waals surface area contributed by atoms with Crippen molar-refractivity contribution in [3.05, 3.63) is 35.1 Å². The molecule has 130 valence electrons. The van der Waals surface area contributed by atoms with Crippen LogP contribution < -0.4 is 10.6 Å². The van der Waals surface area contributed by atoms with Crippen molar-refractivity contribution in [1.29, 1.82) is 0 Å². The third-order valence-corrected chi connectivity index (χ3v) is 4.78. The molecule has 1 saturated heterocycles. The number of halogens is 1. The SMILES string of the molecule is Cc1ccc(C(C)NC(=O)N2CCCC2C(=O)NC2CC2)cc1F. The molecule has 2 atom stereocenters. The monoisotopic (exact) mass is 333 g/mol. The highest BCUT2D eigenvalue weighted by Gasteiger charge is 2.36. The lowest BCUT2D eigenvalue weighted by atomic mass is 10.1. The van der Waals surface area contributed by atoms with Crippen molar-refractivity contribution in [3.8, 4) is 0 Å². The summed E-state index contributed by atoms with van der Waals surface area (Å²) >= 11 is 0. The Morgan fingerprint density at radius 2 is 2.04 bits per heavy atom. The molecule has 1 aromatic carbocycles. The van der Waals surface area contributed by atoms with Crippen LogP contribution in [0.4, 0.5) is 9.18 Å². The normalized spacial score (nSPS) is 21.5. The quantitative estimate of drug-likeness (QED) is 0.890. The van der Waals surface area contributed by atoms with Gasteiger partial charge < -0.3 is 15.5 Å². The molecule has 2 aliphatic rings. The molecule has 0 spiro atoms. The second kappa shape index (κ2) is 6.79. The molecule has 2 fully saturated rings. The van der Waals surface area contributed by atoms with Crippen molar-refractivity contribution in [2.45, 2.75) is 57.7 Å². The molecule has 2 unspecified atom stereocenters. The fourth-order valence-electron chi connectivity index (χ4n) is 3.04. The molecule has 6 heteroatoms. The zero-order valence-electron chi connectivity index (χ0n) is 14.1. The van der Waals surface area contributed by atoms with E-state index >= 15 is 0 Å². The van der Waals surface area contributed by atoms with Crippen LogP contribution in [0.1, 0.15) is 49.8 Å². The molecular weight excluding hydrogens is 309 g/mol. The van der Waals surface area contributed by atoms with Gasteiger partial charge in [0.15, 0.2) is 0 Å². The maximum Gasteiger partial charge on any atom is 0.318 e. The summed E-state index contributed by atoms with van der Waals surface area (Å²) in [7, 11) is 0. The number of benzene rings is 1. The Kier molecular flexibility index (Phi) is 4.73. The van der Waals surface area contributed by atoms with Crippen LogP contribution in [0.25, 0.3) is 0 Å².